The summed E-state index contributed by atoms with van der Waals surface area (Å²) in [5.41, 5.74) is 3.69. The van der Waals surface area contributed by atoms with Crippen molar-refractivity contribution in [3.63, 3.8) is 0 Å². The fourth-order valence-electron chi connectivity index (χ4n) is 3.34. The minimum absolute atomic E-state index is 0.117. The lowest BCUT2D eigenvalue weighted by Gasteiger charge is -2.29. The Hall–Kier alpha value is -2.94. The number of carbonyl (C=O) groups excluding carboxylic acids is 2. The maximum absolute atomic E-state index is 12.7. The molecule has 1 aliphatic rings. The van der Waals surface area contributed by atoms with Crippen molar-refractivity contribution in [2.75, 3.05) is 37.1 Å². The van der Waals surface area contributed by atoms with Gasteiger partial charge in [-0.25, -0.2) is 4.98 Å². The Bertz CT molecular complexity index is 1160. The van der Waals surface area contributed by atoms with Crippen molar-refractivity contribution in [1.82, 2.24) is 4.98 Å². The van der Waals surface area contributed by atoms with Gasteiger partial charge in [0.15, 0.2) is 6.61 Å². The van der Waals surface area contributed by atoms with Gasteiger partial charge in [-0.05, 0) is 42.8 Å². The highest BCUT2D eigenvalue weighted by Crippen LogP contribution is 2.36. The van der Waals surface area contributed by atoms with E-state index in [1.807, 2.05) is 30.5 Å². The minimum atomic E-state index is -0.322. The van der Waals surface area contributed by atoms with Crippen LogP contribution in [0.15, 0.2) is 41.8 Å². The van der Waals surface area contributed by atoms with Crippen molar-refractivity contribution in [2.45, 2.75) is 13.3 Å². The fourth-order valence-corrected chi connectivity index (χ4v) is 4.31. The van der Waals surface area contributed by atoms with Gasteiger partial charge >= 0.3 is 0 Å². The largest absolute Gasteiger partial charge is 0.482 e. The molecule has 4 rings (SSSR count). The molecule has 32 heavy (non-hydrogen) atoms. The number of carbonyl (C=O) groups is 2. The van der Waals surface area contributed by atoms with Crippen molar-refractivity contribution in [3.05, 3.63) is 57.4 Å². The van der Waals surface area contributed by atoms with Gasteiger partial charge in [-0.1, -0.05) is 17.7 Å². The van der Waals surface area contributed by atoms with Gasteiger partial charge in [-0.15, -0.1) is 11.3 Å². The smallest absolute Gasteiger partial charge is 0.265 e. The third kappa shape index (κ3) is 4.93. The van der Waals surface area contributed by atoms with Crippen LogP contribution in [-0.2, 0) is 20.7 Å². The molecule has 1 aliphatic heterocycles. The SMILES string of the molecule is COCCc1nc(-c2ccc3c(c2)N(CC(=O)Nc2cc(Cl)ccc2C)C(=O)CO3)cs1. The van der Waals surface area contributed by atoms with E-state index in [0.717, 1.165) is 28.2 Å². The molecule has 2 amide bonds. The zero-order valence-corrected chi connectivity index (χ0v) is 19.3. The number of thiazole rings is 1. The first-order chi connectivity index (χ1) is 15.4. The molecule has 1 aromatic heterocycles. The van der Waals surface area contributed by atoms with E-state index in [2.05, 4.69) is 10.3 Å². The molecule has 9 heteroatoms. The summed E-state index contributed by atoms with van der Waals surface area (Å²) in [4.78, 5) is 31.4. The normalized spacial score (nSPS) is 13.0. The number of ether oxygens (including phenoxy) is 2. The lowest BCUT2D eigenvalue weighted by atomic mass is 10.1. The van der Waals surface area contributed by atoms with Crippen LogP contribution in [0.5, 0.6) is 5.75 Å². The third-order valence-corrected chi connectivity index (χ3v) is 6.19. The Morgan fingerprint density at radius 1 is 1.31 bits per heavy atom. The molecule has 0 aliphatic carbocycles. The molecule has 0 spiro atoms. The topological polar surface area (TPSA) is 80.8 Å². The number of hydrogen-bond donors (Lipinski definition) is 1. The molecule has 0 saturated heterocycles. The second-order valence-electron chi connectivity index (χ2n) is 7.33. The van der Waals surface area contributed by atoms with Crippen molar-refractivity contribution < 1.29 is 19.1 Å². The number of methoxy groups -OCH3 is 1. The summed E-state index contributed by atoms with van der Waals surface area (Å²) in [6, 6.07) is 10.8. The van der Waals surface area contributed by atoms with Gasteiger partial charge in [0.25, 0.3) is 5.91 Å². The maximum atomic E-state index is 12.7. The van der Waals surface area contributed by atoms with Crippen molar-refractivity contribution >= 4 is 46.1 Å². The zero-order chi connectivity index (χ0) is 22.7. The summed E-state index contributed by atoms with van der Waals surface area (Å²) in [6.45, 7) is 2.23. The first-order valence-corrected chi connectivity index (χ1v) is 11.3. The van der Waals surface area contributed by atoms with E-state index in [4.69, 9.17) is 21.1 Å². The van der Waals surface area contributed by atoms with E-state index in [9.17, 15) is 9.59 Å². The van der Waals surface area contributed by atoms with Gasteiger partial charge in [0.05, 0.1) is 23.0 Å². The lowest BCUT2D eigenvalue weighted by molar-refractivity contribution is -0.123. The van der Waals surface area contributed by atoms with E-state index in [1.165, 1.54) is 4.90 Å². The molecular formula is C23H22ClN3O4S. The number of hydrogen-bond acceptors (Lipinski definition) is 6. The lowest BCUT2D eigenvalue weighted by Crippen LogP contribution is -2.43. The average molecular weight is 472 g/mol. The van der Waals surface area contributed by atoms with Crippen LogP contribution in [0.2, 0.25) is 5.02 Å². The van der Waals surface area contributed by atoms with E-state index in [0.29, 0.717) is 28.8 Å². The van der Waals surface area contributed by atoms with Crippen LogP contribution in [0.3, 0.4) is 0 Å². The summed E-state index contributed by atoms with van der Waals surface area (Å²) < 4.78 is 10.7. The number of fused-ring (bicyclic) bond motifs is 1. The van der Waals surface area contributed by atoms with Crippen LogP contribution in [0, 0.1) is 6.92 Å². The summed E-state index contributed by atoms with van der Waals surface area (Å²) in [6.07, 6.45) is 0.739. The number of rotatable bonds is 7. The maximum Gasteiger partial charge on any atom is 0.265 e. The number of aryl methyl sites for hydroxylation is 1. The van der Waals surface area contributed by atoms with Crippen LogP contribution in [-0.4, -0.2) is 43.7 Å². The van der Waals surface area contributed by atoms with Crippen molar-refractivity contribution in [1.29, 1.82) is 0 Å². The molecule has 0 radical (unpaired) electrons. The molecule has 166 valence electrons. The van der Waals surface area contributed by atoms with Crippen LogP contribution in [0.25, 0.3) is 11.3 Å². The molecule has 0 unspecified atom stereocenters. The zero-order valence-electron chi connectivity index (χ0n) is 17.7. The van der Waals surface area contributed by atoms with Gasteiger partial charge in [-0.3, -0.25) is 14.5 Å². The predicted octanol–water partition coefficient (Wildman–Crippen LogP) is 4.32. The summed E-state index contributed by atoms with van der Waals surface area (Å²) in [5.74, 6) is -0.0564. The number of halogens is 1. The number of benzene rings is 2. The highest BCUT2D eigenvalue weighted by molar-refractivity contribution is 7.09. The highest BCUT2D eigenvalue weighted by Gasteiger charge is 2.28. The number of nitrogens with zero attached hydrogens (tertiary/aromatic N) is 2. The molecule has 2 aromatic carbocycles. The monoisotopic (exact) mass is 471 g/mol. The first kappa shape index (κ1) is 22.3. The number of aromatic nitrogens is 1. The van der Waals surface area contributed by atoms with Crippen molar-refractivity contribution in [3.8, 4) is 17.0 Å². The first-order valence-electron chi connectivity index (χ1n) is 10.0. The van der Waals surface area contributed by atoms with Gasteiger partial charge in [0, 0.05) is 35.2 Å². The van der Waals surface area contributed by atoms with E-state index in [1.54, 1.807) is 36.6 Å². The second kappa shape index (κ2) is 9.68. The quantitative estimate of drug-likeness (QED) is 0.555. The summed E-state index contributed by atoms with van der Waals surface area (Å²) >= 11 is 7.60. The van der Waals surface area contributed by atoms with Gasteiger partial charge in [0.2, 0.25) is 5.91 Å². The number of nitrogens with one attached hydrogen (secondary N) is 1. The Balaban J connectivity index is 1.56. The standard InChI is InChI=1S/C23H22ClN3O4S/c1-14-3-5-16(24)10-17(14)25-21(28)11-27-19-9-15(4-6-20(19)31-12-23(27)29)18-13-32-22(26-18)7-8-30-2/h3-6,9-10,13H,7-8,11-12H2,1-2H3,(H,25,28). The van der Waals surface area contributed by atoms with Crippen LogP contribution in [0.1, 0.15) is 10.6 Å². The molecule has 1 N–H and O–H groups in total. The molecule has 7 nitrogen and oxygen atoms in total. The van der Waals surface area contributed by atoms with Gasteiger partial charge in [0.1, 0.15) is 12.3 Å². The van der Waals surface area contributed by atoms with Gasteiger partial charge in [-0.2, -0.15) is 0 Å². The van der Waals surface area contributed by atoms with Crippen LogP contribution >= 0.6 is 22.9 Å². The molecule has 3 aromatic rings. The molecule has 0 saturated carbocycles. The molecular weight excluding hydrogens is 450 g/mol. The van der Waals surface area contributed by atoms with E-state index >= 15 is 0 Å². The van der Waals surface area contributed by atoms with Crippen LogP contribution < -0.4 is 15.0 Å². The molecule has 0 fully saturated rings. The summed E-state index contributed by atoms with van der Waals surface area (Å²) in [5, 5.41) is 6.30. The number of anilines is 2. The van der Waals surface area contributed by atoms with E-state index < -0.39 is 0 Å². The Morgan fingerprint density at radius 2 is 2.16 bits per heavy atom. The predicted molar refractivity (Wildman–Crippen MR) is 126 cm³/mol. The minimum Gasteiger partial charge on any atom is -0.482 e. The second-order valence-corrected chi connectivity index (χ2v) is 8.71. The Kier molecular flexibility index (Phi) is 6.74. The Morgan fingerprint density at radius 3 is 2.97 bits per heavy atom. The van der Waals surface area contributed by atoms with Crippen LogP contribution in [0.4, 0.5) is 11.4 Å². The molecule has 0 bridgehead atoms. The average Bonchev–Trinajstić information content (AvgIpc) is 3.25. The Labute approximate surface area is 194 Å². The molecule has 0 atom stereocenters. The van der Waals surface area contributed by atoms with Crippen molar-refractivity contribution in [2.24, 2.45) is 0 Å². The van der Waals surface area contributed by atoms with E-state index in [-0.39, 0.29) is 25.0 Å². The molecule has 2 heterocycles. The van der Waals surface area contributed by atoms with Gasteiger partial charge < -0.3 is 14.8 Å². The number of amides is 2. The summed E-state index contributed by atoms with van der Waals surface area (Å²) in [7, 11) is 1.66. The third-order valence-electron chi connectivity index (χ3n) is 5.04. The highest BCUT2D eigenvalue weighted by atomic mass is 35.5. The fraction of sp³-hybridized carbons (Fsp3) is 0.261.